The Bertz CT molecular complexity index is 677. The van der Waals surface area contributed by atoms with Crippen LogP contribution in [0.3, 0.4) is 0 Å². The minimum Gasteiger partial charge on any atom is -0.350 e. The summed E-state index contributed by atoms with van der Waals surface area (Å²) >= 11 is 0. The third kappa shape index (κ3) is 4.95. The molecule has 0 fully saturated rings. The first kappa shape index (κ1) is 16.7. The topological polar surface area (TPSA) is 76.0 Å². The molecule has 6 heteroatoms. The fourth-order valence-corrected chi connectivity index (χ4v) is 2.05. The first-order valence-electron chi connectivity index (χ1n) is 7.61. The van der Waals surface area contributed by atoms with E-state index in [1.165, 1.54) is 4.68 Å². The second-order valence-corrected chi connectivity index (χ2v) is 5.85. The molecule has 0 aliphatic heterocycles. The van der Waals surface area contributed by atoms with Gasteiger partial charge in [0, 0.05) is 19.7 Å². The maximum atomic E-state index is 12.1. The molecular weight excluding hydrogens is 292 g/mol. The van der Waals surface area contributed by atoms with Crippen LogP contribution in [0.5, 0.6) is 0 Å². The zero-order chi connectivity index (χ0) is 16.8. The lowest BCUT2D eigenvalue weighted by Crippen LogP contribution is -2.27. The highest BCUT2D eigenvalue weighted by Crippen LogP contribution is 2.10. The van der Waals surface area contributed by atoms with Crippen LogP contribution in [0.2, 0.25) is 0 Å². The van der Waals surface area contributed by atoms with Crippen molar-refractivity contribution in [3.8, 4) is 0 Å². The molecule has 1 heterocycles. The number of rotatable bonds is 6. The molecule has 2 rings (SSSR count). The number of amides is 2. The van der Waals surface area contributed by atoms with E-state index in [-0.39, 0.29) is 18.2 Å². The fourth-order valence-electron chi connectivity index (χ4n) is 2.05. The summed E-state index contributed by atoms with van der Waals surface area (Å²) in [5, 5.41) is 9.72. The standard InChI is InChI=1S/C17H22N4O2/c1-12(2)11-18-17(23)14-10-15(21(3)20-14)19-16(22)9-13-7-5-4-6-8-13/h4-8,10,12H,9,11H2,1-3H3,(H,18,23)(H,19,22). The van der Waals surface area contributed by atoms with E-state index in [9.17, 15) is 9.59 Å². The highest BCUT2D eigenvalue weighted by molar-refractivity contribution is 5.95. The van der Waals surface area contributed by atoms with Gasteiger partial charge in [0.2, 0.25) is 5.91 Å². The van der Waals surface area contributed by atoms with E-state index in [0.29, 0.717) is 24.0 Å². The number of nitrogens with one attached hydrogen (secondary N) is 2. The zero-order valence-corrected chi connectivity index (χ0v) is 13.7. The third-order valence-corrected chi connectivity index (χ3v) is 3.26. The van der Waals surface area contributed by atoms with Crippen LogP contribution in [0.4, 0.5) is 5.82 Å². The van der Waals surface area contributed by atoms with Gasteiger partial charge in [-0.2, -0.15) is 5.10 Å². The summed E-state index contributed by atoms with van der Waals surface area (Å²) in [6, 6.07) is 11.1. The van der Waals surface area contributed by atoms with Crippen LogP contribution in [0.15, 0.2) is 36.4 Å². The molecular formula is C17H22N4O2. The van der Waals surface area contributed by atoms with Crippen LogP contribution >= 0.6 is 0 Å². The average molecular weight is 314 g/mol. The summed E-state index contributed by atoms with van der Waals surface area (Å²) in [5.74, 6) is 0.486. The summed E-state index contributed by atoms with van der Waals surface area (Å²) in [4.78, 5) is 24.1. The summed E-state index contributed by atoms with van der Waals surface area (Å²) in [5.41, 5.74) is 1.23. The molecule has 2 amide bonds. The number of carbonyl (C=O) groups is 2. The van der Waals surface area contributed by atoms with Crippen LogP contribution < -0.4 is 10.6 Å². The Morgan fingerprint density at radius 2 is 1.91 bits per heavy atom. The largest absolute Gasteiger partial charge is 0.350 e. The Balaban J connectivity index is 1.98. The molecule has 0 saturated heterocycles. The highest BCUT2D eigenvalue weighted by Gasteiger charge is 2.14. The molecule has 0 unspecified atom stereocenters. The molecule has 2 aromatic rings. The smallest absolute Gasteiger partial charge is 0.271 e. The minimum absolute atomic E-state index is 0.145. The lowest BCUT2D eigenvalue weighted by atomic mass is 10.1. The molecule has 6 nitrogen and oxygen atoms in total. The van der Waals surface area contributed by atoms with Crippen LogP contribution in [0.1, 0.15) is 29.9 Å². The fraction of sp³-hybridized carbons (Fsp3) is 0.353. The zero-order valence-electron chi connectivity index (χ0n) is 13.7. The van der Waals surface area contributed by atoms with Gasteiger partial charge in [0.25, 0.3) is 5.91 Å². The number of hydrogen-bond donors (Lipinski definition) is 2. The monoisotopic (exact) mass is 314 g/mol. The molecule has 0 atom stereocenters. The molecule has 0 saturated carbocycles. The highest BCUT2D eigenvalue weighted by atomic mass is 16.2. The summed E-state index contributed by atoms with van der Waals surface area (Å²) < 4.78 is 1.49. The van der Waals surface area contributed by atoms with Gasteiger partial charge in [-0.05, 0) is 11.5 Å². The second-order valence-electron chi connectivity index (χ2n) is 5.85. The molecule has 23 heavy (non-hydrogen) atoms. The average Bonchev–Trinajstić information content (AvgIpc) is 2.86. The number of benzene rings is 1. The van der Waals surface area contributed by atoms with Gasteiger partial charge in [0.1, 0.15) is 5.82 Å². The van der Waals surface area contributed by atoms with Gasteiger partial charge in [0.15, 0.2) is 5.69 Å². The van der Waals surface area contributed by atoms with Crippen LogP contribution in [0, 0.1) is 5.92 Å². The van der Waals surface area contributed by atoms with Crippen molar-refractivity contribution in [2.45, 2.75) is 20.3 Å². The SMILES string of the molecule is CC(C)CNC(=O)c1cc(NC(=O)Cc2ccccc2)n(C)n1. The Labute approximate surface area is 135 Å². The molecule has 0 aliphatic carbocycles. The second kappa shape index (κ2) is 7.58. The van der Waals surface area contributed by atoms with Crippen molar-refractivity contribution in [3.05, 3.63) is 47.7 Å². The molecule has 122 valence electrons. The van der Waals surface area contributed by atoms with E-state index in [4.69, 9.17) is 0 Å². The Kier molecular flexibility index (Phi) is 5.51. The summed E-state index contributed by atoms with van der Waals surface area (Å²) in [6.07, 6.45) is 0.279. The van der Waals surface area contributed by atoms with Gasteiger partial charge >= 0.3 is 0 Å². The predicted octanol–water partition coefficient (Wildman–Crippen LogP) is 1.99. The predicted molar refractivity (Wildman–Crippen MR) is 89.2 cm³/mol. The molecule has 1 aromatic heterocycles. The molecule has 1 aromatic carbocycles. The van der Waals surface area contributed by atoms with Crippen LogP contribution in [-0.4, -0.2) is 28.1 Å². The van der Waals surface area contributed by atoms with E-state index in [0.717, 1.165) is 5.56 Å². The normalized spacial score (nSPS) is 10.6. The number of anilines is 1. The van der Waals surface area contributed by atoms with E-state index >= 15 is 0 Å². The number of nitrogens with zero attached hydrogens (tertiary/aromatic N) is 2. The Morgan fingerprint density at radius 3 is 2.57 bits per heavy atom. The Hall–Kier alpha value is -2.63. The minimum atomic E-state index is -0.238. The molecule has 2 N–H and O–H groups in total. The van der Waals surface area contributed by atoms with Gasteiger partial charge in [0.05, 0.1) is 6.42 Å². The number of carbonyl (C=O) groups excluding carboxylic acids is 2. The van der Waals surface area contributed by atoms with Gasteiger partial charge in [-0.1, -0.05) is 44.2 Å². The van der Waals surface area contributed by atoms with Gasteiger partial charge < -0.3 is 10.6 Å². The van der Waals surface area contributed by atoms with Crippen molar-refractivity contribution in [3.63, 3.8) is 0 Å². The first-order valence-corrected chi connectivity index (χ1v) is 7.61. The Morgan fingerprint density at radius 1 is 1.22 bits per heavy atom. The van der Waals surface area contributed by atoms with Crippen molar-refractivity contribution in [1.29, 1.82) is 0 Å². The maximum Gasteiger partial charge on any atom is 0.271 e. The van der Waals surface area contributed by atoms with Crippen molar-refractivity contribution in [1.82, 2.24) is 15.1 Å². The van der Waals surface area contributed by atoms with Gasteiger partial charge in [-0.3, -0.25) is 14.3 Å². The van der Waals surface area contributed by atoms with E-state index in [1.807, 2.05) is 44.2 Å². The third-order valence-electron chi connectivity index (χ3n) is 3.26. The van der Waals surface area contributed by atoms with Crippen molar-refractivity contribution in [2.75, 3.05) is 11.9 Å². The van der Waals surface area contributed by atoms with Gasteiger partial charge in [-0.15, -0.1) is 0 Å². The molecule has 0 aliphatic rings. The number of hydrogen-bond acceptors (Lipinski definition) is 3. The summed E-state index contributed by atoms with van der Waals surface area (Å²) in [7, 11) is 1.69. The number of aryl methyl sites for hydroxylation is 1. The van der Waals surface area contributed by atoms with E-state index in [1.54, 1.807) is 13.1 Å². The molecule has 0 radical (unpaired) electrons. The van der Waals surface area contributed by atoms with Crippen molar-refractivity contribution in [2.24, 2.45) is 13.0 Å². The van der Waals surface area contributed by atoms with Gasteiger partial charge in [-0.25, -0.2) is 0 Å². The first-order chi connectivity index (χ1) is 11.0. The van der Waals surface area contributed by atoms with E-state index < -0.39 is 0 Å². The lowest BCUT2D eigenvalue weighted by molar-refractivity contribution is -0.115. The van der Waals surface area contributed by atoms with Crippen molar-refractivity contribution >= 4 is 17.6 Å². The summed E-state index contributed by atoms with van der Waals surface area (Å²) in [6.45, 7) is 4.63. The quantitative estimate of drug-likeness (QED) is 0.856. The van der Waals surface area contributed by atoms with E-state index in [2.05, 4.69) is 15.7 Å². The lowest BCUT2D eigenvalue weighted by Gasteiger charge is -2.05. The maximum absolute atomic E-state index is 12.1. The molecule has 0 spiro atoms. The molecule has 0 bridgehead atoms. The number of aromatic nitrogens is 2. The van der Waals surface area contributed by atoms with Crippen LogP contribution in [0.25, 0.3) is 0 Å². The van der Waals surface area contributed by atoms with Crippen LogP contribution in [-0.2, 0) is 18.3 Å². The van der Waals surface area contributed by atoms with Crippen molar-refractivity contribution < 1.29 is 9.59 Å².